The standard InChI is InChI=1S/C12H21NO5S3/c1-3-16-12(20)21-9(2)10(14)17-6-7-18-11(15)13-5-4-8-19/h9,19H,3-8H2,1-2H3,(H,13,15). The second kappa shape index (κ2) is 13.0. The molecule has 0 radical (unpaired) electrons. The van der Waals surface area contributed by atoms with Crippen LogP contribution in [0, 0.1) is 0 Å². The number of rotatable bonds is 9. The molecule has 0 aliphatic rings. The minimum absolute atomic E-state index is 0.00508. The molecule has 0 aromatic heterocycles. The fourth-order valence-electron chi connectivity index (χ4n) is 1.06. The van der Waals surface area contributed by atoms with Gasteiger partial charge in [-0.3, -0.25) is 4.79 Å². The van der Waals surface area contributed by atoms with Crippen LogP contribution in [0.4, 0.5) is 4.79 Å². The number of hydrogen-bond donors (Lipinski definition) is 2. The number of alkyl carbamates (subject to hydrolysis) is 1. The van der Waals surface area contributed by atoms with E-state index in [-0.39, 0.29) is 13.2 Å². The van der Waals surface area contributed by atoms with Gasteiger partial charge in [0, 0.05) is 6.54 Å². The molecule has 6 nitrogen and oxygen atoms in total. The van der Waals surface area contributed by atoms with E-state index in [0.717, 1.165) is 18.2 Å². The van der Waals surface area contributed by atoms with Gasteiger partial charge in [0.2, 0.25) is 4.38 Å². The molecular weight excluding hydrogens is 334 g/mol. The number of esters is 1. The molecule has 1 atom stereocenters. The van der Waals surface area contributed by atoms with Gasteiger partial charge in [0.05, 0.1) is 6.61 Å². The summed E-state index contributed by atoms with van der Waals surface area (Å²) in [6.45, 7) is 4.46. The van der Waals surface area contributed by atoms with Crippen LogP contribution in [0.3, 0.4) is 0 Å². The van der Waals surface area contributed by atoms with Crippen molar-refractivity contribution in [1.82, 2.24) is 5.32 Å². The summed E-state index contributed by atoms with van der Waals surface area (Å²) < 4.78 is 15.2. The third-order valence-corrected chi connectivity index (χ3v) is 3.61. The van der Waals surface area contributed by atoms with Crippen molar-refractivity contribution in [3.8, 4) is 0 Å². The minimum atomic E-state index is -0.534. The SMILES string of the molecule is CCOC(=S)SC(C)C(=O)OCCOC(=O)NCCCS. The van der Waals surface area contributed by atoms with Gasteiger partial charge in [0.15, 0.2) is 0 Å². The van der Waals surface area contributed by atoms with Crippen molar-refractivity contribution >= 4 is 53.1 Å². The van der Waals surface area contributed by atoms with Gasteiger partial charge in [-0.2, -0.15) is 12.6 Å². The summed E-state index contributed by atoms with van der Waals surface area (Å²) in [5, 5.41) is 2.08. The van der Waals surface area contributed by atoms with Crippen LogP contribution in [0.2, 0.25) is 0 Å². The van der Waals surface area contributed by atoms with E-state index in [1.165, 1.54) is 0 Å². The molecule has 1 unspecified atom stereocenters. The summed E-state index contributed by atoms with van der Waals surface area (Å²) in [4.78, 5) is 22.8. The molecule has 1 N–H and O–H groups in total. The predicted octanol–water partition coefficient (Wildman–Crippen LogP) is 2.02. The van der Waals surface area contributed by atoms with Crippen LogP contribution >= 0.6 is 36.6 Å². The zero-order valence-electron chi connectivity index (χ0n) is 12.1. The average Bonchev–Trinajstić information content (AvgIpc) is 2.43. The molecule has 0 heterocycles. The zero-order chi connectivity index (χ0) is 16.1. The Bertz CT molecular complexity index is 341. The van der Waals surface area contributed by atoms with E-state index in [1.807, 2.05) is 6.92 Å². The maximum Gasteiger partial charge on any atom is 0.407 e. The molecule has 0 saturated heterocycles. The molecule has 0 aliphatic heterocycles. The van der Waals surface area contributed by atoms with E-state index >= 15 is 0 Å². The van der Waals surface area contributed by atoms with Gasteiger partial charge in [0.25, 0.3) is 0 Å². The molecule has 0 rings (SSSR count). The third-order valence-electron chi connectivity index (χ3n) is 2.03. The number of ether oxygens (including phenoxy) is 3. The maximum absolute atomic E-state index is 11.6. The third kappa shape index (κ3) is 11.6. The number of hydrogen-bond acceptors (Lipinski definition) is 8. The van der Waals surface area contributed by atoms with Gasteiger partial charge in [-0.05, 0) is 38.2 Å². The predicted molar refractivity (Wildman–Crippen MR) is 90.1 cm³/mol. The van der Waals surface area contributed by atoms with Gasteiger partial charge >= 0.3 is 12.1 Å². The molecular formula is C12H21NO5S3. The zero-order valence-corrected chi connectivity index (χ0v) is 14.7. The quantitative estimate of drug-likeness (QED) is 0.284. The highest BCUT2D eigenvalue weighted by Gasteiger charge is 2.18. The van der Waals surface area contributed by atoms with Gasteiger partial charge < -0.3 is 19.5 Å². The lowest BCUT2D eigenvalue weighted by molar-refractivity contribution is -0.143. The highest BCUT2D eigenvalue weighted by molar-refractivity contribution is 8.23. The lowest BCUT2D eigenvalue weighted by Crippen LogP contribution is -2.27. The van der Waals surface area contributed by atoms with Crippen molar-refractivity contribution < 1.29 is 23.8 Å². The van der Waals surface area contributed by atoms with E-state index in [1.54, 1.807) is 6.92 Å². The van der Waals surface area contributed by atoms with Crippen LogP contribution in [0.25, 0.3) is 0 Å². The first-order valence-corrected chi connectivity index (χ1v) is 8.44. The fourth-order valence-corrected chi connectivity index (χ4v) is 2.41. The van der Waals surface area contributed by atoms with Gasteiger partial charge in [0.1, 0.15) is 18.5 Å². The highest BCUT2D eigenvalue weighted by atomic mass is 32.2. The number of nitrogens with one attached hydrogen (secondary N) is 1. The molecule has 1 amide bonds. The lowest BCUT2D eigenvalue weighted by atomic mass is 10.5. The molecule has 0 aromatic carbocycles. The Morgan fingerprint density at radius 2 is 1.95 bits per heavy atom. The van der Waals surface area contributed by atoms with Crippen LogP contribution in [0.1, 0.15) is 20.3 Å². The average molecular weight is 356 g/mol. The summed E-state index contributed by atoms with van der Waals surface area (Å²) >= 11 is 10.1. The van der Waals surface area contributed by atoms with Crippen LogP contribution in [0.15, 0.2) is 0 Å². The van der Waals surface area contributed by atoms with E-state index in [2.05, 4.69) is 17.9 Å². The van der Waals surface area contributed by atoms with E-state index in [4.69, 9.17) is 26.4 Å². The summed E-state index contributed by atoms with van der Waals surface area (Å²) in [6, 6.07) is 0. The first-order chi connectivity index (χ1) is 10.0. The van der Waals surface area contributed by atoms with Crippen molar-refractivity contribution in [2.24, 2.45) is 0 Å². The monoisotopic (exact) mass is 355 g/mol. The Balaban J connectivity index is 3.69. The van der Waals surface area contributed by atoms with Gasteiger partial charge in [-0.1, -0.05) is 11.8 Å². The molecule has 0 aromatic rings. The number of thiol groups is 1. The smallest absolute Gasteiger partial charge is 0.407 e. The number of carbonyl (C=O) groups is 2. The summed E-state index contributed by atoms with van der Waals surface area (Å²) in [6.07, 6.45) is 0.231. The van der Waals surface area contributed by atoms with Crippen molar-refractivity contribution in [1.29, 1.82) is 0 Å². The largest absolute Gasteiger partial charge is 0.479 e. The summed E-state index contributed by atoms with van der Waals surface area (Å²) in [7, 11) is 0. The Hall–Kier alpha value is -0.670. The Labute approximate surface area is 140 Å². The van der Waals surface area contributed by atoms with E-state index in [9.17, 15) is 9.59 Å². The van der Waals surface area contributed by atoms with E-state index < -0.39 is 17.3 Å². The van der Waals surface area contributed by atoms with E-state index in [0.29, 0.717) is 23.3 Å². The molecule has 0 saturated carbocycles. The van der Waals surface area contributed by atoms with Crippen molar-refractivity contribution in [3.63, 3.8) is 0 Å². The van der Waals surface area contributed by atoms with Crippen molar-refractivity contribution in [2.75, 3.05) is 32.1 Å². The Morgan fingerprint density at radius 3 is 2.57 bits per heavy atom. The summed E-state index contributed by atoms with van der Waals surface area (Å²) in [5.41, 5.74) is 0. The van der Waals surface area contributed by atoms with Crippen LogP contribution < -0.4 is 5.32 Å². The first-order valence-electron chi connectivity index (χ1n) is 6.52. The summed E-state index contributed by atoms with van der Waals surface area (Å²) in [5.74, 6) is 0.262. The number of amides is 1. The van der Waals surface area contributed by atoms with Crippen LogP contribution in [-0.4, -0.2) is 53.8 Å². The van der Waals surface area contributed by atoms with Crippen LogP contribution in [-0.2, 0) is 19.0 Å². The molecule has 122 valence electrons. The molecule has 9 heteroatoms. The fraction of sp³-hybridized carbons (Fsp3) is 0.750. The Kier molecular flexibility index (Phi) is 12.6. The molecule has 0 aliphatic carbocycles. The first kappa shape index (κ1) is 20.3. The lowest BCUT2D eigenvalue weighted by Gasteiger charge is -2.12. The van der Waals surface area contributed by atoms with Crippen LogP contribution in [0.5, 0.6) is 0 Å². The van der Waals surface area contributed by atoms with Crippen molar-refractivity contribution in [3.05, 3.63) is 0 Å². The molecule has 21 heavy (non-hydrogen) atoms. The second-order valence-electron chi connectivity index (χ2n) is 3.75. The number of thiocarbonyl (C=S) groups is 1. The highest BCUT2D eigenvalue weighted by Crippen LogP contribution is 2.15. The minimum Gasteiger partial charge on any atom is -0.479 e. The topological polar surface area (TPSA) is 73.9 Å². The molecule has 0 bridgehead atoms. The second-order valence-corrected chi connectivity index (χ2v) is 6.14. The molecule has 0 spiro atoms. The normalized spacial score (nSPS) is 11.4. The molecule has 0 fully saturated rings. The maximum atomic E-state index is 11.6. The number of carbonyl (C=O) groups excluding carboxylic acids is 2. The number of thioether (sulfide) groups is 1. The van der Waals surface area contributed by atoms with Gasteiger partial charge in [-0.15, -0.1) is 0 Å². The Morgan fingerprint density at radius 1 is 1.29 bits per heavy atom. The van der Waals surface area contributed by atoms with Crippen molar-refractivity contribution in [2.45, 2.75) is 25.5 Å². The van der Waals surface area contributed by atoms with Gasteiger partial charge in [-0.25, -0.2) is 4.79 Å².